The van der Waals surface area contributed by atoms with E-state index in [4.69, 9.17) is 11.5 Å². The number of nitrogen functional groups attached to an aromatic ring is 1. The summed E-state index contributed by atoms with van der Waals surface area (Å²) in [4.78, 5) is 16.3. The third kappa shape index (κ3) is 2.28. The summed E-state index contributed by atoms with van der Waals surface area (Å²) in [5, 5.41) is 0.843. The average Bonchev–Trinajstić information content (AvgIpc) is 2.80. The first-order valence-corrected chi connectivity index (χ1v) is 7.48. The van der Waals surface area contributed by atoms with Gasteiger partial charge >= 0.3 is 0 Å². The molecular formula is C12H19N5OS. The van der Waals surface area contributed by atoms with E-state index in [1.165, 1.54) is 37.3 Å². The number of primary amides is 1. The molecule has 104 valence electrons. The Labute approximate surface area is 116 Å². The summed E-state index contributed by atoms with van der Waals surface area (Å²) < 4.78 is 4.08. The molecule has 2 fully saturated rings. The van der Waals surface area contributed by atoms with Crippen LogP contribution in [0.25, 0.3) is 0 Å². The third-order valence-electron chi connectivity index (χ3n) is 4.07. The molecule has 2 aliphatic heterocycles. The van der Waals surface area contributed by atoms with Gasteiger partial charge in [-0.15, -0.1) is 0 Å². The van der Waals surface area contributed by atoms with Gasteiger partial charge in [-0.05, 0) is 30.9 Å². The number of nitrogens with two attached hydrogens (primary N) is 2. The Balaban J connectivity index is 1.81. The highest BCUT2D eigenvalue weighted by Gasteiger charge is 2.31. The van der Waals surface area contributed by atoms with Gasteiger partial charge in [0, 0.05) is 25.7 Å². The molecule has 1 unspecified atom stereocenters. The molecule has 1 atom stereocenters. The van der Waals surface area contributed by atoms with Gasteiger partial charge in [0.2, 0.25) is 0 Å². The molecule has 3 rings (SSSR count). The molecule has 1 aromatic rings. The van der Waals surface area contributed by atoms with Crippen LogP contribution in [0.15, 0.2) is 0 Å². The van der Waals surface area contributed by atoms with E-state index >= 15 is 0 Å². The molecule has 2 aliphatic rings. The zero-order valence-electron chi connectivity index (χ0n) is 10.8. The number of piperazine rings is 1. The molecule has 0 saturated carbocycles. The Kier molecular flexibility index (Phi) is 3.32. The summed E-state index contributed by atoms with van der Waals surface area (Å²) in [6, 6.07) is 0.589. The first-order chi connectivity index (χ1) is 9.16. The Morgan fingerprint density at radius 3 is 2.95 bits per heavy atom. The van der Waals surface area contributed by atoms with E-state index in [2.05, 4.69) is 14.2 Å². The van der Waals surface area contributed by atoms with Crippen molar-refractivity contribution in [2.24, 2.45) is 5.73 Å². The van der Waals surface area contributed by atoms with E-state index in [1.54, 1.807) is 0 Å². The second-order valence-corrected chi connectivity index (χ2v) is 6.00. The van der Waals surface area contributed by atoms with Crippen molar-refractivity contribution in [3.8, 4) is 0 Å². The second-order valence-electron chi connectivity index (χ2n) is 5.24. The maximum atomic E-state index is 11.5. The standard InChI is InChI=1S/C12H19N5OS/c13-10-9(11(14)18)12(19-15-10)17-6-5-16-4-2-1-3-8(16)7-17/h8H,1-7H2,(H2,13,15)(H2,14,18). The van der Waals surface area contributed by atoms with Crippen LogP contribution in [0.4, 0.5) is 10.8 Å². The smallest absolute Gasteiger partial charge is 0.255 e. The maximum Gasteiger partial charge on any atom is 0.255 e. The lowest BCUT2D eigenvalue weighted by Crippen LogP contribution is -2.55. The molecule has 6 nitrogen and oxygen atoms in total. The van der Waals surface area contributed by atoms with E-state index in [-0.39, 0.29) is 5.82 Å². The van der Waals surface area contributed by atoms with Crippen LogP contribution in [0.2, 0.25) is 0 Å². The quantitative estimate of drug-likeness (QED) is 0.824. The van der Waals surface area contributed by atoms with Gasteiger partial charge in [0.1, 0.15) is 10.6 Å². The van der Waals surface area contributed by atoms with E-state index < -0.39 is 5.91 Å². The van der Waals surface area contributed by atoms with Crippen molar-refractivity contribution in [1.29, 1.82) is 0 Å². The highest BCUT2D eigenvalue weighted by molar-refractivity contribution is 7.11. The SMILES string of the molecule is NC(=O)c1c(N)nsc1N1CCN2CCCCC2C1. The highest BCUT2D eigenvalue weighted by atomic mass is 32.1. The highest BCUT2D eigenvalue weighted by Crippen LogP contribution is 2.33. The number of fused-ring (bicyclic) bond motifs is 1. The van der Waals surface area contributed by atoms with Crippen molar-refractivity contribution in [2.45, 2.75) is 25.3 Å². The van der Waals surface area contributed by atoms with Crippen LogP contribution in [-0.4, -0.2) is 47.4 Å². The number of piperidine rings is 1. The fraction of sp³-hybridized carbons (Fsp3) is 0.667. The summed E-state index contributed by atoms with van der Waals surface area (Å²) in [5.74, 6) is -0.217. The lowest BCUT2D eigenvalue weighted by Gasteiger charge is -2.44. The predicted molar refractivity (Wildman–Crippen MR) is 76.5 cm³/mol. The van der Waals surface area contributed by atoms with Gasteiger partial charge in [-0.1, -0.05) is 6.42 Å². The van der Waals surface area contributed by atoms with Gasteiger partial charge in [-0.2, -0.15) is 4.37 Å². The summed E-state index contributed by atoms with van der Waals surface area (Å²) in [6.07, 6.45) is 3.83. The summed E-state index contributed by atoms with van der Waals surface area (Å²) >= 11 is 1.28. The number of hydrogen-bond acceptors (Lipinski definition) is 6. The lowest BCUT2D eigenvalue weighted by atomic mass is 9.99. The molecule has 4 N–H and O–H groups in total. The molecule has 0 bridgehead atoms. The molecule has 7 heteroatoms. The second kappa shape index (κ2) is 4.97. The van der Waals surface area contributed by atoms with Crippen molar-refractivity contribution in [2.75, 3.05) is 36.8 Å². The number of nitrogens with zero attached hydrogens (tertiary/aromatic N) is 3. The van der Waals surface area contributed by atoms with Gasteiger partial charge in [-0.25, -0.2) is 0 Å². The van der Waals surface area contributed by atoms with Crippen LogP contribution < -0.4 is 16.4 Å². The zero-order valence-corrected chi connectivity index (χ0v) is 11.7. The molecule has 0 radical (unpaired) electrons. The van der Waals surface area contributed by atoms with E-state index in [0.29, 0.717) is 11.6 Å². The summed E-state index contributed by atoms with van der Waals surface area (Å²) in [5.41, 5.74) is 11.5. The lowest BCUT2D eigenvalue weighted by molar-refractivity contribution is 0.100. The summed E-state index contributed by atoms with van der Waals surface area (Å²) in [6.45, 7) is 4.10. The number of aromatic nitrogens is 1. The van der Waals surface area contributed by atoms with E-state index in [9.17, 15) is 4.79 Å². The van der Waals surface area contributed by atoms with Crippen molar-refractivity contribution in [3.05, 3.63) is 5.56 Å². The predicted octanol–water partition coefficient (Wildman–Crippen LogP) is 0.499. The van der Waals surface area contributed by atoms with E-state index in [1.807, 2.05) is 0 Å². The van der Waals surface area contributed by atoms with Crippen LogP contribution in [0, 0.1) is 0 Å². The monoisotopic (exact) mass is 281 g/mol. The third-order valence-corrected chi connectivity index (χ3v) is 4.99. The van der Waals surface area contributed by atoms with Crippen LogP contribution in [0.5, 0.6) is 0 Å². The number of hydrogen-bond donors (Lipinski definition) is 2. The first-order valence-electron chi connectivity index (χ1n) is 6.70. The van der Waals surface area contributed by atoms with Crippen molar-refractivity contribution in [3.63, 3.8) is 0 Å². The number of amides is 1. The minimum absolute atomic E-state index is 0.263. The van der Waals surface area contributed by atoms with Crippen LogP contribution >= 0.6 is 11.5 Å². The van der Waals surface area contributed by atoms with Gasteiger partial charge in [-0.3, -0.25) is 9.69 Å². The molecule has 0 spiro atoms. The summed E-state index contributed by atoms with van der Waals surface area (Å²) in [7, 11) is 0. The number of carbonyl (C=O) groups excluding carboxylic acids is 1. The van der Waals surface area contributed by atoms with Crippen LogP contribution in [0.3, 0.4) is 0 Å². The van der Waals surface area contributed by atoms with Crippen LogP contribution in [0.1, 0.15) is 29.6 Å². The molecular weight excluding hydrogens is 262 g/mol. The van der Waals surface area contributed by atoms with Gasteiger partial charge in [0.05, 0.1) is 0 Å². The van der Waals surface area contributed by atoms with Crippen molar-refractivity contribution < 1.29 is 4.79 Å². The number of rotatable bonds is 2. The minimum Gasteiger partial charge on any atom is -0.382 e. The fourth-order valence-corrected chi connectivity index (χ4v) is 3.94. The normalized spacial score (nSPS) is 24.2. The Morgan fingerprint density at radius 1 is 1.32 bits per heavy atom. The zero-order chi connectivity index (χ0) is 13.4. The number of anilines is 2. The maximum absolute atomic E-state index is 11.5. The molecule has 3 heterocycles. The Hall–Kier alpha value is -1.34. The van der Waals surface area contributed by atoms with Crippen molar-refractivity contribution >= 4 is 28.3 Å². The molecule has 19 heavy (non-hydrogen) atoms. The van der Waals surface area contributed by atoms with Crippen molar-refractivity contribution in [1.82, 2.24) is 9.27 Å². The van der Waals surface area contributed by atoms with Gasteiger partial charge in [0.15, 0.2) is 5.82 Å². The largest absolute Gasteiger partial charge is 0.382 e. The minimum atomic E-state index is -0.479. The molecule has 0 aromatic carbocycles. The molecule has 0 aliphatic carbocycles. The number of carbonyl (C=O) groups is 1. The van der Waals surface area contributed by atoms with Crippen LogP contribution in [-0.2, 0) is 0 Å². The first kappa shape index (κ1) is 12.7. The molecule has 1 amide bonds. The van der Waals surface area contributed by atoms with Gasteiger partial charge in [0.25, 0.3) is 5.91 Å². The van der Waals surface area contributed by atoms with Gasteiger partial charge < -0.3 is 16.4 Å². The topological polar surface area (TPSA) is 88.5 Å². The fourth-order valence-electron chi connectivity index (χ4n) is 3.08. The Morgan fingerprint density at radius 2 is 2.16 bits per heavy atom. The molecule has 2 saturated heterocycles. The molecule has 1 aromatic heterocycles. The van der Waals surface area contributed by atoms with E-state index in [0.717, 1.165) is 24.6 Å². The average molecular weight is 281 g/mol. The Bertz CT molecular complexity index is 488.